The molecule has 2 rings (SSSR count). The van der Waals surface area contributed by atoms with Gasteiger partial charge in [0.25, 0.3) is 5.24 Å². The Morgan fingerprint density at radius 2 is 2.00 bits per heavy atom. The highest BCUT2D eigenvalue weighted by Crippen LogP contribution is 2.39. The lowest BCUT2D eigenvalue weighted by Crippen LogP contribution is -1.97. The lowest BCUT2D eigenvalue weighted by Gasteiger charge is -1.91. The minimum absolute atomic E-state index is 0.115. The summed E-state index contributed by atoms with van der Waals surface area (Å²) in [6, 6.07) is 9.58. The van der Waals surface area contributed by atoms with Gasteiger partial charge in [0, 0.05) is 0 Å². The molecule has 3 heteroatoms. The molecule has 1 aliphatic heterocycles. The van der Waals surface area contributed by atoms with Gasteiger partial charge in [0.15, 0.2) is 6.10 Å². The molecule has 0 bridgehead atoms. The highest BCUT2D eigenvalue weighted by molar-refractivity contribution is 6.65. The molecule has 1 heterocycles. The molecule has 0 radical (unpaired) electrons. The van der Waals surface area contributed by atoms with E-state index in [0.717, 1.165) is 5.56 Å². The van der Waals surface area contributed by atoms with Crippen LogP contribution in [0.2, 0.25) is 0 Å². The van der Waals surface area contributed by atoms with Crippen molar-refractivity contribution in [3.8, 4) is 0 Å². The van der Waals surface area contributed by atoms with Crippen LogP contribution in [-0.2, 0) is 9.53 Å². The number of halogens is 1. The number of benzene rings is 1. The van der Waals surface area contributed by atoms with Gasteiger partial charge in [-0.3, -0.25) is 4.79 Å². The fourth-order valence-corrected chi connectivity index (χ4v) is 1.35. The molecule has 1 aromatic carbocycles. The van der Waals surface area contributed by atoms with E-state index in [1.165, 1.54) is 0 Å². The Kier molecular flexibility index (Phi) is 1.87. The first-order valence-corrected chi connectivity index (χ1v) is 4.06. The molecule has 0 amide bonds. The zero-order chi connectivity index (χ0) is 8.55. The summed E-state index contributed by atoms with van der Waals surface area (Å²) in [7, 11) is 0. The van der Waals surface area contributed by atoms with E-state index < -0.39 is 11.3 Å². The first kappa shape index (κ1) is 7.77. The van der Waals surface area contributed by atoms with E-state index in [9.17, 15) is 4.79 Å². The zero-order valence-corrected chi connectivity index (χ0v) is 6.99. The van der Waals surface area contributed by atoms with Gasteiger partial charge in [-0.1, -0.05) is 30.3 Å². The Bertz CT molecular complexity index is 297. The second kappa shape index (κ2) is 2.88. The van der Waals surface area contributed by atoms with Gasteiger partial charge in [0.05, 0.1) is 0 Å². The van der Waals surface area contributed by atoms with E-state index >= 15 is 0 Å². The van der Waals surface area contributed by atoms with Crippen LogP contribution in [0.5, 0.6) is 0 Å². The summed E-state index contributed by atoms with van der Waals surface area (Å²) in [6.07, 6.45) is -0.537. The minimum Gasteiger partial charge on any atom is -0.355 e. The number of hydrogen-bond donors (Lipinski definition) is 0. The van der Waals surface area contributed by atoms with Crippen molar-refractivity contribution < 1.29 is 9.53 Å². The molecule has 1 aliphatic rings. The lowest BCUT2D eigenvalue weighted by molar-refractivity contribution is -0.112. The van der Waals surface area contributed by atoms with Crippen LogP contribution in [0.1, 0.15) is 11.7 Å². The SMILES string of the molecule is O=C(Cl)C1OC1c1ccccc1. The highest BCUT2D eigenvalue weighted by atomic mass is 35.5. The van der Waals surface area contributed by atoms with Crippen LogP contribution in [-0.4, -0.2) is 11.3 Å². The van der Waals surface area contributed by atoms with Crippen molar-refractivity contribution in [1.82, 2.24) is 0 Å². The molecule has 1 fully saturated rings. The molecule has 0 spiro atoms. The van der Waals surface area contributed by atoms with Crippen LogP contribution < -0.4 is 0 Å². The average Bonchev–Trinajstić information content (AvgIpc) is 2.84. The standard InChI is InChI=1S/C9H7ClO2/c10-9(11)8-7(12-8)6-4-2-1-3-5-6/h1-5,7-8H. The van der Waals surface area contributed by atoms with Crippen LogP contribution in [0.15, 0.2) is 30.3 Å². The minimum atomic E-state index is -0.422. The van der Waals surface area contributed by atoms with Crippen molar-refractivity contribution in [3.05, 3.63) is 35.9 Å². The molecule has 2 atom stereocenters. The Morgan fingerprint density at radius 1 is 1.33 bits per heavy atom. The van der Waals surface area contributed by atoms with E-state index in [1.807, 2.05) is 30.3 Å². The largest absolute Gasteiger partial charge is 0.355 e. The molecule has 0 aromatic heterocycles. The van der Waals surface area contributed by atoms with Crippen molar-refractivity contribution in [2.45, 2.75) is 12.2 Å². The van der Waals surface area contributed by atoms with Crippen LogP contribution in [0.3, 0.4) is 0 Å². The molecular weight excluding hydrogens is 176 g/mol. The van der Waals surface area contributed by atoms with Gasteiger partial charge in [-0.2, -0.15) is 0 Å². The van der Waals surface area contributed by atoms with Gasteiger partial charge in [-0.05, 0) is 17.2 Å². The van der Waals surface area contributed by atoms with E-state index in [1.54, 1.807) is 0 Å². The van der Waals surface area contributed by atoms with Crippen molar-refractivity contribution in [2.75, 3.05) is 0 Å². The maximum absolute atomic E-state index is 10.6. The van der Waals surface area contributed by atoms with Crippen LogP contribution in [0.4, 0.5) is 0 Å². The van der Waals surface area contributed by atoms with Gasteiger partial charge in [-0.25, -0.2) is 0 Å². The average molecular weight is 183 g/mol. The number of rotatable bonds is 2. The number of carbonyl (C=O) groups excluding carboxylic acids is 1. The summed E-state index contributed by atoms with van der Waals surface area (Å²) in [5, 5.41) is -0.413. The molecule has 0 aliphatic carbocycles. The predicted molar refractivity (Wildman–Crippen MR) is 44.9 cm³/mol. The Labute approximate surface area is 75.1 Å². The smallest absolute Gasteiger partial charge is 0.253 e. The van der Waals surface area contributed by atoms with Crippen molar-refractivity contribution in [1.29, 1.82) is 0 Å². The fraction of sp³-hybridized carbons (Fsp3) is 0.222. The van der Waals surface area contributed by atoms with Gasteiger partial charge >= 0.3 is 0 Å². The van der Waals surface area contributed by atoms with Gasteiger partial charge in [0.2, 0.25) is 0 Å². The summed E-state index contributed by atoms with van der Waals surface area (Å²) in [4.78, 5) is 10.6. The second-order valence-electron chi connectivity index (χ2n) is 2.69. The summed E-state index contributed by atoms with van der Waals surface area (Å²) < 4.78 is 5.08. The third-order valence-corrected chi connectivity index (χ3v) is 2.06. The number of epoxide rings is 1. The van der Waals surface area contributed by atoms with E-state index in [2.05, 4.69) is 0 Å². The number of carbonyl (C=O) groups is 1. The molecule has 2 nitrogen and oxygen atoms in total. The predicted octanol–water partition coefficient (Wildman–Crippen LogP) is 1.89. The van der Waals surface area contributed by atoms with Crippen LogP contribution in [0.25, 0.3) is 0 Å². The number of hydrogen-bond acceptors (Lipinski definition) is 2. The third kappa shape index (κ3) is 1.36. The van der Waals surface area contributed by atoms with Gasteiger partial charge < -0.3 is 4.74 Å². The molecule has 1 aromatic rings. The quantitative estimate of drug-likeness (QED) is 0.517. The van der Waals surface area contributed by atoms with Crippen LogP contribution in [0, 0.1) is 0 Å². The maximum Gasteiger partial charge on any atom is 0.253 e. The summed E-state index contributed by atoms with van der Waals surface area (Å²) in [5.41, 5.74) is 1.01. The first-order valence-electron chi connectivity index (χ1n) is 3.69. The topological polar surface area (TPSA) is 29.6 Å². The monoisotopic (exact) mass is 182 g/mol. The summed E-state index contributed by atoms with van der Waals surface area (Å²) in [5.74, 6) is 0. The lowest BCUT2D eigenvalue weighted by atomic mass is 10.1. The summed E-state index contributed by atoms with van der Waals surface area (Å²) >= 11 is 5.26. The molecule has 12 heavy (non-hydrogen) atoms. The maximum atomic E-state index is 10.6. The molecule has 1 saturated heterocycles. The normalized spacial score (nSPS) is 26.8. The molecule has 0 saturated carbocycles. The molecule has 0 N–H and O–H groups in total. The Morgan fingerprint density at radius 3 is 2.50 bits per heavy atom. The molecular formula is C9H7ClO2. The first-order chi connectivity index (χ1) is 5.79. The molecule has 62 valence electrons. The molecule has 2 unspecified atom stereocenters. The second-order valence-corrected chi connectivity index (χ2v) is 3.06. The highest BCUT2D eigenvalue weighted by Gasteiger charge is 2.44. The Hall–Kier alpha value is -0.860. The van der Waals surface area contributed by atoms with Crippen molar-refractivity contribution in [3.63, 3.8) is 0 Å². The van der Waals surface area contributed by atoms with E-state index in [0.29, 0.717) is 0 Å². The fourth-order valence-electron chi connectivity index (χ4n) is 1.18. The Balaban J connectivity index is 2.11. The van der Waals surface area contributed by atoms with E-state index in [4.69, 9.17) is 16.3 Å². The van der Waals surface area contributed by atoms with Crippen molar-refractivity contribution in [2.24, 2.45) is 0 Å². The number of ether oxygens (including phenoxy) is 1. The van der Waals surface area contributed by atoms with Gasteiger partial charge in [0.1, 0.15) is 6.10 Å². The van der Waals surface area contributed by atoms with E-state index in [-0.39, 0.29) is 6.10 Å². The van der Waals surface area contributed by atoms with Crippen LogP contribution >= 0.6 is 11.6 Å². The van der Waals surface area contributed by atoms with Gasteiger partial charge in [-0.15, -0.1) is 0 Å². The third-order valence-electron chi connectivity index (χ3n) is 1.84. The summed E-state index contributed by atoms with van der Waals surface area (Å²) in [6.45, 7) is 0. The zero-order valence-electron chi connectivity index (χ0n) is 6.24. The van der Waals surface area contributed by atoms with Crippen molar-refractivity contribution >= 4 is 16.8 Å².